The number of ether oxygens (including phenoxy) is 2. The summed E-state index contributed by atoms with van der Waals surface area (Å²) in [5.74, 6) is -1.90. The van der Waals surface area contributed by atoms with Crippen molar-refractivity contribution in [2.75, 3.05) is 20.8 Å². The minimum Gasteiger partial charge on any atom is -0.496 e. The summed E-state index contributed by atoms with van der Waals surface area (Å²) in [5.41, 5.74) is 3.96. The monoisotopic (exact) mass is 436 g/mol. The number of hydrogen-bond donors (Lipinski definition) is 3. The van der Waals surface area contributed by atoms with Crippen LogP contribution < -0.4 is 25.6 Å². The van der Waals surface area contributed by atoms with Gasteiger partial charge in [-0.2, -0.15) is 0 Å². The van der Waals surface area contributed by atoms with Crippen molar-refractivity contribution in [3.63, 3.8) is 0 Å². The van der Waals surface area contributed by atoms with E-state index in [9.17, 15) is 24.5 Å². The average molecular weight is 437 g/mol. The second-order valence-corrected chi connectivity index (χ2v) is 6.11. The highest BCUT2D eigenvalue weighted by Gasteiger charge is 2.19. The van der Waals surface area contributed by atoms with Crippen molar-refractivity contribution in [2.45, 2.75) is 0 Å². The molecule has 30 heavy (non-hydrogen) atoms. The molecule has 0 atom stereocenters. The van der Waals surface area contributed by atoms with Gasteiger partial charge in [0, 0.05) is 16.7 Å². The number of methoxy groups -OCH3 is 2. The number of nitrogens with zero attached hydrogens (tertiary/aromatic N) is 1. The predicted molar refractivity (Wildman–Crippen MR) is 106 cm³/mol. The molecule has 0 saturated heterocycles. The molecule has 0 aliphatic carbocycles. The van der Waals surface area contributed by atoms with Crippen LogP contribution in [-0.2, 0) is 4.79 Å². The lowest BCUT2D eigenvalue weighted by atomic mass is 10.1. The Balaban J connectivity index is 1.93. The van der Waals surface area contributed by atoms with Crippen LogP contribution in [0.5, 0.6) is 11.5 Å². The van der Waals surface area contributed by atoms with E-state index in [1.54, 1.807) is 0 Å². The number of benzene rings is 2. The molecule has 158 valence electrons. The van der Waals surface area contributed by atoms with E-state index >= 15 is 0 Å². The fourth-order valence-corrected chi connectivity index (χ4v) is 2.50. The van der Waals surface area contributed by atoms with Crippen molar-refractivity contribution >= 4 is 35.0 Å². The van der Waals surface area contributed by atoms with Gasteiger partial charge in [0.25, 0.3) is 17.7 Å². The largest absolute Gasteiger partial charge is 0.496 e. The number of nitro groups is 1. The maximum Gasteiger partial charge on any atom is 0.311 e. The van der Waals surface area contributed by atoms with Gasteiger partial charge in [-0.05, 0) is 30.3 Å². The molecule has 0 aliphatic heterocycles. The highest BCUT2D eigenvalue weighted by Crippen LogP contribution is 2.27. The standard InChI is InChI=1S/C18H17ClN4O7/c1-29-14-6-4-11(19)8-12(14)18(26)22-21-16(24)9-20-17(25)10-3-5-15(30-2)13(7-10)23(27)28/h3-8H,9H2,1-2H3,(H,20,25)(H,21,24)(H,22,26). The van der Waals surface area contributed by atoms with Crippen molar-refractivity contribution in [3.05, 3.63) is 62.7 Å². The van der Waals surface area contributed by atoms with E-state index in [0.717, 1.165) is 6.07 Å². The summed E-state index contributed by atoms with van der Waals surface area (Å²) >= 11 is 5.85. The van der Waals surface area contributed by atoms with E-state index in [1.807, 2.05) is 0 Å². The van der Waals surface area contributed by atoms with Crippen molar-refractivity contribution in [3.8, 4) is 11.5 Å². The summed E-state index contributed by atoms with van der Waals surface area (Å²) < 4.78 is 9.91. The van der Waals surface area contributed by atoms with Gasteiger partial charge in [0.1, 0.15) is 5.75 Å². The van der Waals surface area contributed by atoms with E-state index in [4.69, 9.17) is 21.1 Å². The summed E-state index contributed by atoms with van der Waals surface area (Å²) in [7, 11) is 2.64. The lowest BCUT2D eigenvalue weighted by Gasteiger charge is -2.11. The third-order valence-corrected chi connectivity index (χ3v) is 4.00. The fourth-order valence-electron chi connectivity index (χ4n) is 2.33. The van der Waals surface area contributed by atoms with Crippen molar-refractivity contribution in [1.29, 1.82) is 0 Å². The zero-order chi connectivity index (χ0) is 22.3. The molecule has 0 bridgehead atoms. The maximum atomic E-state index is 12.2. The van der Waals surface area contributed by atoms with Gasteiger partial charge in [0.15, 0.2) is 5.75 Å². The van der Waals surface area contributed by atoms with Crippen LogP contribution in [0.15, 0.2) is 36.4 Å². The number of hydrogen-bond acceptors (Lipinski definition) is 7. The van der Waals surface area contributed by atoms with Crippen LogP contribution in [0.1, 0.15) is 20.7 Å². The number of nitrogens with one attached hydrogen (secondary N) is 3. The number of carbonyl (C=O) groups excluding carboxylic acids is 3. The Morgan fingerprint density at radius 2 is 1.67 bits per heavy atom. The molecule has 0 saturated carbocycles. The van der Waals surface area contributed by atoms with Gasteiger partial charge in [-0.25, -0.2) is 0 Å². The Morgan fingerprint density at radius 3 is 2.30 bits per heavy atom. The van der Waals surface area contributed by atoms with E-state index in [2.05, 4.69) is 16.2 Å². The summed E-state index contributed by atoms with van der Waals surface area (Å²) in [4.78, 5) is 46.5. The first kappa shape index (κ1) is 22.4. The number of halogens is 1. The quantitative estimate of drug-likeness (QED) is 0.439. The molecule has 0 unspecified atom stereocenters. The zero-order valence-corrected chi connectivity index (χ0v) is 16.6. The Bertz CT molecular complexity index is 996. The Labute approximate surface area is 175 Å². The summed E-state index contributed by atoms with van der Waals surface area (Å²) in [6.45, 7) is -0.494. The summed E-state index contributed by atoms with van der Waals surface area (Å²) in [5, 5.41) is 13.6. The van der Waals surface area contributed by atoms with Crippen molar-refractivity contribution < 1.29 is 28.8 Å². The normalized spacial score (nSPS) is 9.97. The highest BCUT2D eigenvalue weighted by molar-refractivity contribution is 6.31. The van der Waals surface area contributed by atoms with Crippen molar-refractivity contribution in [2.24, 2.45) is 0 Å². The fraction of sp³-hybridized carbons (Fsp3) is 0.167. The number of amides is 3. The van der Waals surface area contributed by atoms with Gasteiger partial charge >= 0.3 is 5.69 Å². The van der Waals surface area contributed by atoms with Gasteiger partial charge in [-0.15, -0.1) is 0 Å². The molecule has 2 aromatic carbocycles. The first-order chi connectivity index (χ1) is 14.3. The second kappa shape index (κ2) is 10.1. The summed E-state index contributed by atoms with van der Waals surface area (Å²) in [6, 6.07) is 8.00. The van der Waals surface area contributed by atoms with Crippen LogP contribution >= 0.6 is 11.6 Å². The second-order valence-electron chi connectivity index (χ2n) is 5.67. The number of rotatable bonds is 7. The minimum atomic E-state index is -0.735. The molecule has 0 radical (unpaired) electrons. The summed E-state index contributed by atoms with van der Waals surface area (Å²) in [6.07, 6.45) is 0. The molecule has 2 aromatic rings. The van der Waals surface area contributed by atoms with Crippen molar-refractivity contribution in [1.82, 2.24) is 16.2 Å². The molecule has 3 amide bonds. The lowest BCUT2D eigenvalue weighted by molar-refractivity contribution is -0.385. The smallest absolute Gasteiger partial charge is 0.311 e. The van der Waals surface area contributed by atoms with Crippen LogP contribution in [0.4, 0.5) is 5.69 Å². The van der Waals surface area contributed by atoms with E-state index in [1.165, 1.54) is 44.6 Å². The molecule has 3 N–H and O–H groups in total. The minimum absolute atomic E-state index is 0.00607. The molecule has 11 nitrogen and oxygen atoms in total. The first-order valence-corrected chi connectivity index (χ1v) is 8.68. The SMILES string of the molecule is COc1ccc(Cl)cc1C(=O)NNC(=O)CNC(=O)c1ccc(OC)c([N+](=O)[O-])c1. The Morgan fingerprint density at radius 1 is 1.00 bits per heavy atom. The van der Waals surface area contributed by atoms with Gasteiger partial charge in [0.05, 0.1) is 31.3 Å². The maximum absolute atomic E-state index is 12.2. The third kappa shape index (κ3) is 5.58. The van der Waals surface area contributed by atoms with Crippen LogP contribution in [0.25, 0.3) is 0 Å². The van der Waals surface area contributed by atoms with Crippen LogP contribution in [0.3, 0.4) is 0 Å². The molecule has 2 rings (SSSR count). The third-order valence-electron chi connectivity index (χ3n) is 3.77. The predicted octanol–water partition coefficient (Wildman–Crippen LogP) is 1.46. The molecule has 0 heterocycles. The van der Waals surface area contributed by atoms with Gasteiger partial charge in [-0.3, -0.25) is 35.3 Å². The first-order valence-electron chi connectivity index (χ1n) is 8.30. The molecule has 0 fully saturated rings. The number of hydrazine groups is 1. The molecule has 12 heteroatoms. The average Bonchev–Trinajstić information content (AvgIpc) is 2.75. The zero-order valence-electron chi connectivity index (χ0n) is 15.9. The van der Waals surface area contributed by atoms with Gasteiger partial charge in [0.2, 0.25) is 0 Å². The molecule has 0 spiro atoms. The highest BCUT2D eigenvalue weighted by atomic mass is 35.5. The van der Waals surface area contributed by atoms with E-state index in [0.29, 0.717) is 5.02 Å². The molecular formula is C18H17ClN4O7. The number of carbonyl (C=O) groups is 3. The molecule has 0 aromatic heterocycles. The topological polar surface area (TPSA) is 149 Å². The van der Waals surface area contributed by atoms with Crippen LogP contribution in [0.2, 0.25) is 5.02 Å². The lowest BCUT2D eigenvalue weighted by Crippen LogP contribution is -2.46. The van der Waals surface area contributed by atoms with E-state index < -0.39 is 34.9 Å². The van der Waals surface area contributed by atoms with E-state index in [-0.39, 0.29) is 22.6 Å². The Hall–Kier alpha value is -3.86. The molecule has 0 aliphatic rings. The molecular weight excluding hydrogens is 420 g/mol. The van der Waals surface area contributed by atoms with Crippen LogP contribution in [0, 0.1) is 10.1 Å². The Kier molecular flexibility index (Phi) is 7.53. The van der Waals surface area contributed by atoms with Gasteiger partial charge in [-0.1, -0.05) is 11.6 Å². The number of nitro benzene ring substituents is 1. The van der Waals surface area contributed by atoms with Gasteiger partial charge < -0.3 is 14.8 Å². The van der Waals surface area contributed by atoms with Crippen LogP contribution in [-0.4, -0.2) is 43.4 Å².